The summed E-state index contributed by atoms with van der Waals surface area (Å²) in [6.45, 7) is 5.74. The third kappa shape index (κ3) is 6.58. The quantitative estimate of drug-likeness (QED) is 0.621. The van der Waals surface area contributed by atoms with Crippen molar-refractivity contribution in [2.24, 2.45) is 0 Å². The van der Waals surface area contributed by atoms with Crippen molar-refractivity contribution in [1.29, 1.82) is 0 Å². The van der Waals surface area contributed by atoms with Crippen molar-refractivity contribution < 1.29 is 17.9 Å². The maximum atomic E-state index is 13.0. The molecule has 1 amide bonds. The van der Waals surface area contributed by atoms with Gasteiger partial charge in [-0.05, 0) is 56.0 Å². The standard InChI is InChI=1S/C22H30N2O4S/c1-5-9-17(3)23-22(25)20(15-18-10-7-6-8-11-18)24-29(26,27)19-12-13-21(28-4)16(2)14-19/h6-8,10-14,17,20,24H,5,9,15H2,1-4H3,(H,23,25)/t17-,20-/m0/s1. The summed E-state index contributed by atoms with van der Waals surface area (Å²) in [5.74, 6) is 0.277. The Morgan fingerprint density at radius 3 is 2.41 bits per heavy atom. The van der Waals surface area contributed by atoms with E-state index in [0.717, 1.165) is 18.4 Å². The minimum Gasteiger partial charge on any atom is -0.496 e. The number of ether oxygens (including phenoxy) is 1. The lowest BCUT2D eigenvalue weighted by Crippen LogP contribution is -2.50. The van der Waals surface area contributed by atoms with E-state index in [1.54, 1.807) is 19.1 Å². The second-order valence-electron chi connectivity index (χ2n) is 7.19. The van der Waals surface area contributed by atoms with Crippen LogP contribution in [0.5, 0.6) is 5.75 Å². The molecule has 2 N–H and O–H groups in total. The lowest BCUT2D eigenvalue weighted by Gasteiger charge is -2.21. The van der Waals surface area contributed by atoms with E-state index in [0.29, 0.717) is 11.3 Å². The molecule has 0 aliphatic carbocycles. The number of benzene rings is 2. The van der Waals surface area contributed by atoms with E-state index < -0.39 is 16.1 Å². The van der Waals surface area contributed by atoms with Gasteiger partial charge in [0.2, 0.25) is 15.9 Å². The van der Waals surface area contributed by atoms with Gasteiger partial charge in [-0.1, -0.05) is 43.7 Å². The van der Waals surface area contributed by atoms with Crippen molar-refractivity contribution in [3.8, 4) is 5.75 Å². The third-order valence-corrected chi connectivity index (χ3v) is 6.15. The summed E-state index contributed by atoms with van der Waals surface area (Å²) >= 11 is 0. The molecule has 2 aromatic carbocycles. The fourth-order valence-corrected chi connectivity index (χ4v) is 4.44. The monoisotopic (exact) mass is 418 g/mol. The lowest BCUT2D eigenvalue weighted by atomic mass is 10.1. The molecule has 0 unspecified atom stereocenters. The zero-order valence-corrected chi connectivity index (χ0v) is 18.3. The summed E-state index contributed by atoms with van der Waals surface area (Å²) < 4.78 is 33.7. The Morgan fingerprint density at radius 1 is 1.14 bits per heavy atom. The smallest absolute Gasteiger partial charge is 0.241 e. The summed E-state index contributed by atoms with van der Waals surface area (Å²) in [5.41, 5.74) is 1.58. The normalized spacial score (nSPS) is 13.5. The van der Waals surface area contributed by atoms with Gasteiger partial charge in [0.1, 0.15) is 11.8 Å². The highest BCUT2D eigenvalue weighted by Crippen LogP contribution is 2.21. The molecule has 0 aliphatic rings. The van der Waals surface area contributed by atoms with Crippen LogP contribution in [0.15, 0.2) is 53.4 Å². The Kier molecular flexibility index (Phi) is 8.22. The van der Waals surface area contributed by atoms with Crippen molar-refractivity contribution in [3.63, 3.8) is 0 Å². The molecule has 0 aliphatic heterocycles. The van der Waals surface area contributed by atoms with E-state index in [4.69, 9.17) is 4.74 Å². The van der Waals surface area contributed by atoms with Crippen LogP contribution in [0.1, 0.15) is 37.8 Å². The molecule has 0 spiro atoms. The number of aryl methyl sites for hydroxylation is 1. The zero-order chi connectivity index (χ0) is 21.4. The molecule has 2 aromatic rings. The topological polar surface area (TPSA) is 84.5 Å². The first-order valence-electron chi connectivity index (χ1n) is 9.78. The van der Waals surface area contributed by atoms with Crippen LogP contribution in [0, 0.1) is 6.92 Å². The predicted molar refractivity (Wildman–Crippen MR) is 114 cm³/mol. The van der Waals surface area contributed by atoms with Crippen LogP contribution in [0.4, 0.5) is 0 Å². The molecule has 7 heteroatoms. The SMILES string of the molecule is CCC[C@H](C)NC(=O)[C@H](Cc1ccccc1)NS(=O)(=O)c1ccc(OC)c(C)c1. The summed E-state index contributed by atoms with van der Waals surface area (Å²) in [7, 11) is -2.35. The van der Waals surface area contributed by atoms with E-state index in [1.807, 2.05) is 44.2 Å². The van der Waals surface area contributed by atoms with Gasteiger partial charge in [0.15, 0.2) is 0 Å². The van der Waals surface area contributed by atoms with Crippen LogP contribution in [0.2, 0.25) is 0 Å². The van der Waals surface area contributed by atoms with Gasteiger partial charge in [-0.3, -0.25) is 4.79 Å². The molecule has 0 saturated carbocycles. The Morgan fingerprint density at radius 2 is 1.83 bits per heavy atom. The van der Waals surface area contributed by atoms with Crippen LogP contribution in [0.25, 0.3) is 0 Å². The lowest BCUT2D eigenvalue weighted by molar-refractivity contribution is -0.123. The Hall–Kier alpha value is -2.38. The van der Waals surface area contributed by atoms with Crippen LogP contribution < -0.4 is 14.8 Å². The molecule has 0 heterocycles. The van der Waals surface area contributed by atoms with Crippen molar-refractivity contribution >= 4 is 15.9 Å². The molecular formula is C22H30N2O4S. The molecule has 0 bridgehead atoms. The van der Waals surface area contributed by atoms with Crippen molar-refractivity contribution in [3.05, 3.63) is 59.7 Å². The maximum Gasteiger partial charge on any atom is 0.241 e. The minimum absolute atomic E-state index is 0.0292. The third-order valence-electron chi connectivity index (χ3n) is 4.68. The number of amides is 1. The highest BCUT2D eigenvalue weighted by atomic mass is 32.2. The second-order valence-corrected chi connectivity index (χ2v) is 8.91. The second kappa shape index (κ2) is 10.4. The van der Waals surface area contributed by atoms with Crippen LogP contribution in [-0.4, -0.2) is 33.5 Å². The van der Waals surface area contributed by atoms with Crippen molar-refractivity contribution in [2.45, 2.75) is 57.0 Å². The van der Waals surface area contributed by atoms with Gasteiger partial charge < -0.3 is 10.1 Å². The molecule has 0 aromatic heterocycles. The van der Waals surface area contributed by atoms with E-state index in [-0.39, 0.29) is 23.3 Å². The molecule has 6 nitrogen and oxygen atoms in total. The molecule has 0 radical (unpaired) electrons. The van der Waals surface area contributed by atoms with Crippen molar-refractivity contribution in [2.75, 3.05) is 7.11 Å². The average Bonchev–Trinajstić information content (AvgIpc) is 2.68. The van der Waals surface area contributed by atoms with Crippen LogP contribution in [-0.2, 0) is 21.2 Å². The first kappa shape index (κ1) is 22.9. The number of methoxy groups -OCH3 is 1. The first-order valence-corrected chi connectivity index (χ1v) is 11.3. The molecule has 2 atom stereocenters. The number of carbonyl (C=O) groups is 1. The first-order chi connectivity index (χ1) is 13.8. The highest BCUT2D eigenvalue weighted by molar-refractivity contribution is 7.89. The molecule has 29 heavy (non-hydrogen) atoms. The maximum absolute atomic E-state index is 13.0. The van der Waals surface area contributed by atoms with E-state index in [9.17, 15) is 13.2 Å². The van der Waals surface area contributed by atoms with Gasteiger partial charge in [0.25, 0.3) is 0 Å². The highest BCUT2D eigenvalue weighted by Gasteiger charge is 2.27. The van der Waals surface area contributed by atoms with Crippen molar-refractivity contribution in [1.82, 2.24) is 10.0 Å². The van der Waals surface area contributed by atoms with E-state index in [2.05, 4.69) is 10.0 Å². The Bertz CT molecular complexity index is 914. The molecule has 158 valence electrons. The van der Waals surface area contributed by atoms with Crippen LogP contribution in [0.3, 0.4) is 0 Å². The van der Waals surface area contributed by atoms with E-state index in [1.165, 1.54) is 13.2 Å². The molecule has 0 fully saturated rings. The number of carbonyl (C=O) groups excluding carboxylic acids is 1. The summed E-state index contributed by atoms with van der Waals surface area (Å²) in [6, 6.07) is 13.1. The summed E-state index contributed by atoms with van der Waals surface area (Å²) in [5, 5.41) is 2.92. The Balaban J connectivity index is 2.27. The van der Waals surface area contributed by atoms with E-state index >= 15 is 0 Å². The number of hydrogen-bond acceptors (Lipinski definition) is 4. The molecule has 2 rings (SSSR count). The van der Waals surface area contributed by atoms with Gasteiger partial charge in [0, 0.05) is 6.04 Å². The number of rotatable bonds is 10. The van der Waals surface area contributed by atoms with Crippen LogP contribution >= 0.6 is 0 Å². The fourth-order valence-electron chi connectivity index (χ4n) is 3.16. The zero-order valence-electron chi connectivity index (χ0n) is 17.4. The number of nitrogens with one attached hydrogen (secondary N) is 2. The van der Waals surface area contributed by atoms with Gasteiger partial charge in [0.05, 0.1) is 12.0 Å². The van der Waals surface area contributed by atoms with Gasteiger partial charge in [-0.15, -0.1) is 0 Å². The number of hydrogen-bond donors (Lipinski definition) is 2. The fraction of sp³-hybridized carbons (Fsp3) is 0.409. The predicted octanol–water partition coefficient (Wildman–Crippen LogP) is 3.20. The summed E-state index contributed by atoms with van der Waals surface area (Å²) in [4.78, 5) is 13.0. The minimum atomic E-state index is -3.89. The van der Waals surface area contributed by atoms with Gasteiger partial charge >= 0.3 is 0 Å². The van der Waals surface area contributed by atoms with Gasteiger partial charge in [-0.25, -0.2) is 8.42 Å². The average molecular weight is 419 g/mol. The summed E-state index contributed by atoms with van der Waals surface area (Å²) in [6.07, 6.45) is 2.02. The van der Waals surface area contributed by atoms with Gasteiger partial charge in [-0.2, -0.15) is 4.72 Å². The molecule has 0 saturated heterocycles. The largest absolute Gasteiger partial charge is 0.496 e. The number of sulfonamides is 1. The molecular weight excluding hydrogens is 388 g/mol. The Labute approximate surface area is 173 Å².